The van der Waals surface area contributed by atoms with E-state index in [9.17, 15) is 4.79 Å². The van der Waals surface area contributed by atoms with Crippen LogP contribution in [0.1, 0.15) is 41.0 Å². The Labute approximate surface area is 203 Å². The van der Waals surface area contributed by atoms with Crippen LogP contribution in [0.2, 0.25) is 0 Å². The second kappa shape index (κ2) is 9.01. The number of thiophene rings is 1. The van der Waals surface area contributed by atoms with Gasteiger partial charge in [-0.25, -0.2) is 4.98 Å². The fourth-order valence-electron chi connectivity index (χ4n) is 4.55. The Kier molecular flexibility index (Phi) is 6.08. The molecular weight excluding hydrogens is 446 g/mol. The summed E-state index contributed by atoms with van der Waals surface area (Å²) in [5.41, 5.74) is 6.97. The topological polar surface area (TPSA) is 45.2 Å². The van der Waals surface area contributed by atoms with Gasteiger partial charge in [0.05, 0.1) is 16.6 Å². The molecule has 0 atom stereocenters. The summed E-state index contributed by atoms with van der Waals surface area (Å²) in [6, 6.07) is 15.1. The van der Waals surface area contributed by atoms with Crippen molar-refractivity contribution in [3.05, 3.63) is 69.6 Å². The molecule has 1 aliphatic rings. The maximum absolute atomic E-state index is 13.1. The standard InChI is InChI=1S/C27H29N3OS2/c1-16(2)30-12-11-20-23(15-30)33-27(25(20)26-28-21-7-5-6-8-22(21)32-26)29-24(31)14-19-10-9-17(3)13-18(19)4/h5-10,13,16H,11-12,14-15H2,1-4H3,(H,29,31). The molecule has 3 heterocycles. The number of amides is 1. The van der Waals surface area contributed by atoms with Crippen LogP contribution in [0, 0.1) is 13.8 Å². The Morgan fingerprint density at radius 1 is 1.15 bits per heavy atom. The molecule has 2 aromatic heterocycles. The minimum absolute atomic E-state index is 0.0311. The van der Waals surface area contributed by atoms with Crippen molar-refractivity contribution in [3.8, 4) is 10.6 Å². The average molecular weight is 476 g/mol. The number of carbonyl (C=O) groups excluding carboxylic acids is 1. The number of hydrogen-bond acceptors (Lipinski definition) is 5. The van der Waals surface area contributed by atoms with E-state index in [1.165, 1.54) is 20.7 Å². The largest absolute Gasteiger partial charge is 0.317 e. The van der Waals surface area contributed by atoms with E-state index in [2.05, 4.69) is 74.3 Å². The summed E-state index contributed by atoms with van der Waals surface area (Å²) in [5.74, 6) is 0.0311. The van der Waals surface area contributed by atoms with Crippen molar-refractivity contribution in [2.45, 2.75) is 53.1 Å². The van der Waals surface area contributed by atoms with Crippen LogP contribution in [0.25, 0.3) is 20.8 Å². The highest BCUT2D eigenvalue weighted by Gasteiger charge is 2.28. The zero-order valence-corrected chi connectivity index (χ0v) is 21.2. The molecule has 2 aromatic carbocycles. The molecule has 1 aliphatic heterocycles. The number of rotatable bonds is 5. The molecule has 1 amide bonds. The smallest absolute Gasteiger partial charge is 0.229 e. The molecule has 5 rings (SSSR count). The van der Waals surface area contributed by atoms with Gasteiger partial charge in [-0.15, -0.1) is 22.7 Å². The number of benzene rings is 2. The Hall–Kier alpha value is -2.54. The lowest BCUT2D eigenvalue weighted by atomic mass is 10.0. The lowest BCUT2D eigenvalue weighted by Gasteiger charge is -2.30. The van der Waals surface area contributed by atoms with Gasteiger partial charge in [-0.1, -0.05) is 35.9 Å². The van der Waals surface area contributed by atoms with E-state index in [4.69, 9.17) is 4.98 Å². The molecule has 0 saturated carbocycles. The number of fused-ring (bicyclic) bond motifs is 2. The van der Waals surface area contributed by atoms with Gasteiger partial charge in [0, 0.05) is 29.6 Å². The molecule has 0 fully saturated rings. The van der Waals surface area contributed by atoms with Crippen molar-refractivity contribution in [2.75, 3.05) is 11.9 Å². The minimum atomic E-state index is 0.0311. The third-order valence-corrected chi connectivity index (χ3v) is 8.61. The number of hydrogen-bond donors (Lipinski definition) is 1. The number of anilines is 1. The lowest BCUT2D eigenvalue weighted by molar-refractivity contribution is -0.115. The SMILES string of the molecule is Cc1ccc(CC(=O)Nc2sc3c(c2-c2nc4ccccc4s2)CCN(C(C)C)C3)c(C)c1. The summed E-state index contributed by atoms with van der Waals surface area (Å²) in [6.07, 6.45) is 1.37. The molecule has 6 heteroatoms. The Balaban J connectivity index is 1.51. The highest BCUT2D eigenvalue weighted by atomic mass is 32.1. The van der Waals surface area contributed by atoms with Gasteiger partial charge in [0.25, 0.3) is 0 Å². The Bertz CT molecular complexity index is 1300. The van der Waals surface area contributed by atoms with Crippen LogP contribution >= 0.6 is 22.7 Å². The van der Waals surface area contributed by atoms with Crippen LogP contribution in [-0.2, 0) is 24.2 Å². The lowest BCUT2D eigenvalue weighted by Crippen LogP contribution is -2.35. The van der Waals surface area contributed by atoms with Crippen molar-refractivity contribution in [2.24, 2.45) is 0 Å². The Morgan fingerprint density at radius 3 is 2.73 bits per heavy atom. The molecule has 4 nitrogen and oxygen atoms in total. The van der Waals surface area contributed by atoms with E-state index >= 15 is 0 Å². The van der Waals surface area contributed by atoms with E-state index in [-0.39, 0.29) is 5.91 Å². The predicted molar refractivity (Wildman–Crippen MR) is 140 cm³/mol. The van der Waals surface area contributed by atoms with Crippen LogP contribution in [-0.4, -0.2) is 28.4 Å². The van der Waals surface area contributed by atoms with E-state index in [0.29, 0.717) is 12.5 Å². The number of nitrogens with zero attached hydrogens (tertiary/aromatic N) is 2. The van der Waals surface area contributed by atoms with Gasteiger partial charge in [-0.3, -0.25) is 9.69 Å². The highest BCUT2D eigenvalue weighted by molar-refractivity contribution is 7.22. The maximum Gasteiger partial charge on any atom is 0.229 e. The fourth-order valence-corrected chi connectivity index (χ4v) is 6.95. The summed E-state index contributed by atoms with van der Waals surface area (Å²) in [7, 11) is 0. The Morgan fingerprint density at radius 2 is 1.97 bits per heavy atom. The molecule has 0 unspecified atom stereocenters. The zero-order valence-electron chi connectivity index (χ0n) is 19.6. The molecule has 0 bridgehead atoms. The second-order valence-electron chi connectivity index (χ2n) is 9.16. The molecule has 33 heavy (non-hydrogen) atoms. The zero-order chi connectivity index (χ0) is 23.1. The third kappa shape index (κ3) is 4.47. The first-order valence-corrected chi connectivity index (χ1v) is 13.1. The van der Waals surface area contributed by atoms with Crippen LogP contribution in [0.4, 0.5) is 5.00 Å². The molecule has 0 spiro atoms. The molecule has 170 valence electrons. The van der Waals surface area contributed by atoms with Crippen molar-refractivity contribution < 1.29 is 4.79 Å². The summed E-state index contributed by atoms with van der Waals surface area (Å²) in [4.78, 5) is 21.9. The van der Waals surface area contributed by atoms with E-state index in [1.807, 2.05) is 6.07 Å². The van der Waals surface area contributed by atoms with Crippen LogP contribution in [0.15, 0.2) is 42.5 Å². The molecule has 4 aromatic rings. The predicted octanol–water partition coefficient (Wildman–Crippen LogP) is 6.59. The first-order valence-electron chi connectivity index (χ1n) is 11.5. The normalized spacial score (nSPS) is 14.1. The van der Waals surface area contributed by atoms with Gasteiger partial charge in [-0.2, -0.15) is 0 Å². The molecule has 0 aliphatic carbocycles. The fraction of sp³-hybridized carbons (Fsp3) is 0.333. The van der Waals surface area contributed by atoms with Crippen molar-refractivity contribution in [1.29, 1.82) is 0 Å². The average Bonchev–Trinajstić information content (AvgIpc) is 3.35. The minimum Gasteiger partial charge on any atom is -0.317 e. The first-order chi connectivity index (χ1) is 15.9. The quantitative estimate of drug-likeness (QED) is 0.354. The summed E-state index contributed by atoms with van der Waals surface area (Å²) in [5, 5.41) is 5.22. The molecule has 0 saturated heterocycles. The van der Waals surface area contributed by atoms with Crippen LogP contribution < -0.4 is 5.32 Å². The first kappa shape index (κ1) is 22.3. The number of aromatic nitrogens is 1. The number of carbonyl (C=O) groups is 1. The monoisotopic (exact) mass is 475 g/mol. The van der Waals surface area contributed by atoms with Gasteiger partial charge < -0.3 is 5.32 Å². The summed E-state index contributed by atoms with van der Waals surface area (Å²) < 4.78 is 1.18. The van der Waals surface area contributed by atoms with Crippen molar-refractivity contribution in [3.63, 3.8) is 0 Å². The van der Waals surface area contributed by atoms with E-state index in [1.54, 1.807) is 22.7 Å². The van der Waals surface area contributed by atoms with Gasteiger partial charge >= 0.3 is 0 Å². The summed E-state index contributed by atoms with van der Waals surface area (Å²) >= 11 is 3.44. The number of aryl methyl sites for hydroxylation is 2. The van der Waals surface area contributed by atoms with Crippen molar-refractivity contribution >= 4 is 43.8 Å². The maximum atomic E-state index is 13.1. The van der Waals surface area contributed by atoms with Gasteiger partial charge in [0.15, 0.2) is 0 Å². The van der Waals surface area contributed by atoms with Crippen LogP contribution in [0.3, 0.4) is 0 Å². The van der Waals surface area contributed by atoms with Gasteiger partial charge in [0.1, 0.15) is 10.0 Å². The highest BCUT2D eigenvalue weighted by Crippen LogP contribution is 2.45. The molecule has 0 radical (unpaired) electrons. The molecule has 1 N–H and O–H groups in total. The molecular formula is C27H29N3OS2. The van der Waals surface area contributed by atoms with Gasteiger partial charge in [0.2, 0.25) is 5.91 Å². The number of para-hydroxylation sites is 1. The van der Waals surface area contributed by atoms with Crippen molar-refractivity contribution in [1.82, 2.24) is 9.88 Å². The van der Waals surface area contributed by atoms with E-state index < -0.39 is 0 Å². The second-order valence-corrected chi connectivity index (χ2v) is 11.3. The number of nitrogens with one attached hydrogen (secondary N) is 1. The van der Waals surface area contributed by atoms with Crippen LogP contribution in [0.5, 0.6) is 0 Å². The van der Waals surface area contributed by atoms with E-state index in [0.717, 1.165) is 51.7 Å². The third-order valence-electron chi connectivity index (χ3n) is 6.43. The van der Waals surface area contributed by atoms with Gasteiger partial charge in [-0.05, 0) is 62.9 Å². The number of thiazole rings is 1. The summed E-state index contributed by atoms with van der Waals surface area (Å²) in [6.45, 7) is 10.6.